The molecular formula is C20H19ClF2O2. The lowest BCUT2D eigenvalue weighted by Crippen LogP contribution is -2.49. The number of ether oxygens (including phenoxy) is 1. The van der Waals surface area contributed by atoms with Crippen molar-refractivity contribution in [1.82, 2.24) is 0 Å². The molecule has 2 nitrogen and oxygen atoms in total. The van der Waals surface area contributed by atoms with Crippen LogP contribution in [0.15, 0.2) is 36.4 Å². The normalized spacial score (nSPS) is 28.0. The number of rotatable bonds is 2. The molecule has 0 unspecified atom stereocenters. The van der Waals surface area contributed by atoms with Crippen LogP contribution in [0, 0.1) is 17.6 Å². The maximum absolute atomic E-state index is 14.8. The Hall–Kier alpha value is -1.65. The van der Waals surface area contributed by atoms with Gasteiger partial charge in [-0.05, 0) is 55.5 Å². The van der Waals surface area contributed by atoms with Crippen molar-refractivity contribution in [1.29, 1.82) is 0 Å². The monoisotopic (exact) mass is 364 g/mol. The predicted octanol–water partition coefficient (Wildman–Crippen LogP) is 4.65. The van der Waals surface area contributed by atoms with Gasteiger partial charge in [0.15, 0.2) is 11.6 Å². The van der Waals surface area contributed by atoms with Crippen LogP contribution in [0.25, 0.3) is 0 Å². The molecule has 132 valence electrons. The zero-order valence-electron chi connectivity index (χ0n) is 13.6. The fraction of sp³-hybridized carbons (Fsp3) is 0.400. The largest absolute Gasteiger partial charge is 0.490 e. The molecular weight excluding hydrogens is 346 g/mol. The second kappa shape index (κ2) is 6.26. The molecule has 25 heavy (non-hydrogen) atoms. The molecule has 0 saturated heterocycles. The molecule has 0 spiro atoms. The topological polar surface area (TPSA) is 29.5 Å². The number of halogens is 3. The summed E-state index contributed by atoms with van der Waals surface area (Å²) in [5, 5.41) is 10.7. The van der Waals surface area contributed by atoms with Gasteiger partial charge >= 0.3 is 0 Å². The summed E-state index contributed by atoms with van der Waals surface area (Å²) in [5.74, 6) is -1.000. The first-order valence-electron chi connectivity index (χ1n) is 8.53. The third kappa shape index (κ3) is 2.81. The van der Waals surface area contributed by atoms with Crippen LogP contribution in [0.2, 0.25) is 5.02 Å². The molecule has 0 radical (unpaired) electrons. The first-order chi connectivity index (χ1) is 12.0. The average molecular weight is 365 g/mol. The SMILES string of the molecule is O[C@@H]1CC[C@]2(Cc3ccc(Cl)cc3)c3c(F)ccc(F)c3OC[C@@H]2C1. The summed E-state index contributed by atoms with van der Waals surface area (Å²) in [7, 11) is 0. The van der Waals surface area contributed by atoms with E-state index in [9.17, 15) is 13.9 Å². The van der Waals surface area contributed by atoms with Crippen molar-refractivity contribution >= 4 is 11.6 Å². The number of benzene rings is 2. The molecule has 1 aliphatic carbocycles. The molecule has 1 N–H and O–H groups in total. The van der Waals surface area contributed by atoms with Gasteiger partial charge in [0.25, 0.3) is 0 Å². The van der Waals surface area contributed by atoms with Gasteiger partial charge in [0.05, 0.1) is 12.7 Å². The van der Waals surface area contributed by atoms with E-state index in [1.54, 1.807) is 0 Å². The van der Waals surface area contributed by atoms with Crippen molar-refractivity contribution in [3.05, 3.63) is 64.2 Å². The molecule has 1 fully saturated rings. The van der Waals surface area contributed by atoms with E-state index in [1.165, 1.54) is 6.07 Å². The highest BCUT2D eigenvalue weighted by Gasteiger charge is 2.50. The van der Waals surface area contributed by atoms with E-state index in [1.807, 2.05) is 24.3 Å². The van der Waals surface area contributed by atoms with Gasteiger partial charge in [-0.1, -0.05) is 23.7 Å². The van der Waals surface area contributed by atoms with Crippen LogP contribution in [-0.2, 0) is 11.8 Å². The third-order valence-electron chi connectivity index (χ3n) is 5.68. The average Bonchev–Trinajstić information content (AvgIpc) is 2.60. The van der Waals surface area contributed by atoms with Crippen LogP contribution in [0.3, 0.4) is 0 Å². The summed E-state index contributed by atoms with van der Waals surface area (Å²) < 4.78 is 34.7. The van der Waals surface area contributed by atoms with Crippen molar-refractivity contribution in [2.45, 2.75) is 37.2 Å². The number of aliphatic hydroxyl groups is 1. The van der Waals surface area contributed by atoms with Crippen LogP contribution >= 0.6 is 11.6 Å². The molecule has 4 rings (SSSR count). The van der Waals surface area contributed by atoms with Crippen molar-refractivity contribution < 1.29 is 18.6 Å². The highest BCUT2D eigenvalue weighted by Crippen LogP contribution is 2.53. The lowest BCUT2D eigenvalue weighted by Gasteiger charge is -2.49. The number of aliphatic hydroxyl groups excluding tert-OH is 1. The highest BCUT2D eigenvalue weighted by atomic mass is 35.5. The molecule has 1 aliphatic heterocycles. The van der Waals surface area contributed by atoms with Gasteiger partial charge in [-0.3, -0.25) is 0 Å². The van der Waals surface area contributed by atoms with Gasteiger partial charge in [0, 0.05) is 21.9 Å². The molecule has 0 bridgehead atoms. The lowest BCUT2D eigenvalue weighted by molar-refractivity contribution is 0.00912. The summed E-state index contributed by atoms with van der Waals surface area (Å²) in [4.78, 5) is 0. The summed E-state index contributed by atoms with van der Waals surface area (Å²) in [6.45, 7) is 0.290. The fourth-order valence-electron chi connectivity index (χ4n) is 4.47. The Morgan fingerprint density at radius 1 is 1.12 bits per heavy atom. The van der Waals surface area contributed by atoms with Gasteiger partial charge in [-0.25, -0.2) is 8.78 Å². The minimum atomic E-state index is -0.577. The van der Waals surface area contributed by atoms with E-state index in [0.29, 0.717) is 36.3 Å². The Kier molecular flexibility index (Phi) is 4.20. The van der Waals surface area contributed by atoms with E-state index < -0.39 is 23.2 Å². The van der Waals surface area contributed by atoms with Crippen molar-refractivity contribution in [2.75, 3.05) is 6.61 Å². The van der Waals surface area contributed by atoms with Gasteiger partial charge < -0.3 is 9.84 Å². The molecule has 2 aliphatic rings. The minimum absolute atomic E-state index is 0.0293. The molecule has 0 amide bonds. The minimum Gasteiger partial charge on any atom is -0.490 e. The molecule has 3 atom stereocenters. The zero-order valence-corrected chi connectivity index (χ0v) is 14.4. The fourth-order valence-corrected chi connectivity index (χ4v) is 4.59. The number of hydrogen-bond acceptors (Lipinski definition) is 2. The highest BCUT2D eigenvalue weighted by molar-refractivity contribution is 6.30. The Morgan fingerprint density at radius 2 is 1.84 bits per heavy atom. The van der Waals surface area contributed by atoms with Crippen molar-refractivity contribution in [2.24, 2.45) is 5.92 Å². The lowest BCUT2D eigenvalue weighted by atomic mass is 9.58. The van der Waals surface area contributed by atoms with Gasteiger partial charge in [0.2, 0.25) is 0 Å². The van der Waals surface area contributed by atoms with E-state index in [4.69, 9.17) is 16.3 Å². The Bertz CT molecular complexity index is 793. The number of fused-ring (bicyclic) bond motifs is 3. The molecule has 0 aromatic heterocycles. The second-order valence-electron chi connectivity index (χ2n) is 7.13. The molecule has 5 heteroatoms. The second-order valence-corrected chi connectivity index (χ2v) is 7.57. The predicted molar refractivity (Wildman–Crippen MR) is 92.0 cm³/mol. The Balaban J connectivity index is 1.85. The van der Waals surface area contributed by atoms with Gasteiger partial charge in [-0.15, -0.1) is 0 Å². The first-order valence-corrected chi connectivity index (χ1v) is 8.91. The third-order valence-corrected chi connectivity index (χ3v) is 5.93. The standard InChI is InChI=1S/C20H19ClF2O2/c21-14-3-1-12(2-4-14)10-20-8-7-15(24)9-13(20)11-25-19-17(23)6-5-16(22)18(19)20/h1-6,13,15,24H,7-11H2/t13-,15+,20+/m0/s1. The van der Waals surface area contributed by atoms with E-state index in [0.717, 1.165) is 11.6 Å². The molecule has 1 saturated carbocycles. The zero-order chi connectivity index (χ0) is 17.6. The van der Waals surface area contributed by atoms with E-state index in [-0.39, 0.29) is 18.3 Å². The Labute approximate surface area is 150 Å². The van der Waals surface area contributed by atoms with E-state index in [2.05, 4.69) is 0 Å². The van der Waals surface area contributed by atoms with Crippen LogP contribution in [0.5, 0.6) is 5.75 Å². The van der Waals surface area contributed by atoms with Crippen molar-refractivity contribution in [3.63, 3.8) is 0 Å². The molecule has 2 aromatic rings. The van der Waals surface area contributed by atoms with Crippen LogP contribution < -0.4 is 4.74 Å². The molecule has 2 aromatic carbocycles. The maximum atomic E-state index is 14.8. The van der Waals surface area contributed by atoms with Gasteiger partial charge in [0.1, 0.15) is 5.82 Å². The first kappa shape index (κ1) is 16.8. The van der Waals surface area contributed by atoms with Crippen LogP contribution in [0.4, 0.5) is 8.78 Å². The summed E-state index contributed by atoms with van der Waals surface area (Å²) in [5.41, 5.74) is 0.764. The van der Waals surface area contributed by atoms with E-state index >= 15 is 0 Å². The molecule has 1 heterocycles. The van der Waals surface area contributed by atoms with Gasteiger partial charge in [-0.2, -0.15) is 0 Å². The number of hydrogen-bond donors (Lipinski definition) is 1. The maximum Gasteiger partial charge on any atom is 0.165 e. The Morgan fingerprint density at radius 3 is 2.60 bits per heavy atom. The van der Waals surface area contributed by atoms with Crippen LogP contribution in [-0.4, -0.2) is 17.8 Å². The quantitative estimate of drug-likeness (QED) is 0.840. The van der Waals surface area contributed by atoms with Crippen LogP contribution in [0.1, 0.15) is 30.4 Å². The summed E-state index contributed by atoms with van der Waals surface area (Å²) in [6, 6.07) is 9.75. The summed E-state index contributed by atoms with van der Waals surface area (Å²) >= 11 is 5.97. The smallest absolute Gasteiger partial charge is 0.165 e. The van der Waals surface area contributed by atoms with Crippen molar-refractivity contribution in [3.8, 4) is 5.75 Å². The summed E-state index contributed by atoms with van der Waals surface area (Å²) in [6.07, 6.45) is 1.84.